The van der Waals surface area contributed by atoms with Crippen molar-refractivity contribution in [3.8, 4) is 11.3 Å². The monoisotopic (exact) mass is 530 g/mol. The first-order valence-electron chi connectivity index (χ1n) is 12.4. The Balaban J connectivity index is 0.00000148. The summed E-state index contributed by atoms with van der Waals surface area (Å²) in [5.74, 6) is 2.65. The fraction of sp³-hybridized carbons (Fsp3) is 0.444. The van der Waals surface area contributed by atoms with E-state index < -0.39 is 0 Å². The highest BCUT2D eigenvalue weighted by Gasteiger charge is 2.26. The Hall–Kier alpha value is -2.64. The average Bonchev–Trinajstić information content (AvgIpc) is 3.18. The lowest BCUT2D eigenvalue weighted by atomic mass is 10.1. The lowest BCUT2D eigenvalue weighted by Crippen LogP contribution is -2.33. The van der Waals surface area contributed by atoms with Crippen molar-refractivity contribution < 1.29 is 4.39 Å². The Bertz CT molecular complexity index is 1180. The fourth-order valence-electron chi connectivity index (χ4n) is 4.86. The van der Waals surface area contributed by atoms with Gasteiger partial charge >= 0.3 is 0 Å². The molecular weight excluding hydrogens is 498 g/mol. The topological polar surface area (TPSA) is 48.4 Å². The van der Waals surface area contributed by atoms with Crippen molar-refractivity contribution >= 4 is 40.8 Å². The summed E-state index contributed by atoms with van der Waals surface area (Å²) in [5, 5.41) is 1.47. The number of hydrogen-bond acceptors (Lipinski definition) is 6. The maximum Gasteiger partial charge on any atom is 0.228 e. The van der Waals surface area contributed by atoms with Crippen LogP contribution in [0.15, 0.2) is 42.6 Å². The molecule has 36 heavy (non-hydrogen) atoms. The largest absolute Gasteiger partial charge is 0.355 e. The molecule has 1 aromatic carbocycles. The zero-order chi connectivity index (χ0) is 25.7. The van der Waals surface area contributed by atoms with Crippen molar-refractivity contribution in [1.29, 1.82) is 0 Å². The second-order valence-electron chi connectivity index (χ2n) is 9.20. The summed E-state index contributed by atoms with van der Waals surface area (Å²) in [5.41, 5.74) is 3.05. The standard InChI is InChI=1S/C26H30Cl2N6.CH3F/c1-18-16-20(8-9-21(18)27)23-17-24(31-26(30-23)34-13-4-6-19(34)2)32-11-5-12-33(15-14-32)25-22(28)7-3-10-29-25;1-2/h3,7-10,16-17,19H,4-6,11-15H2,1-2H3;1H3. The molecule has 0 aliphatic carbocycles. The van der Waals surface area contributed by atoms with Crippen LogP contribution in [0.3, 0.4) is 0 Å². The third kappa shape index (κ3) is 5.84. The Kier molecular flexibility index (Phi) is 8.86. The smallest absolute Gasteiger partial charge is 0.228 e. The molecule has 5 rings (SSSR count). The maximum atomic E-state index is 9.50. The number of benzene rings is 1. The SMILES string of the molecule is CF.Cc1cc(-c2cc(N3CCCN(c4ncccc4Cl)CC3)nc(N3CCCC3C)n2)ccc1Cl. The molecule has 2 saturated heterocycles. The molecule has 4 heterocycles. The Morgan fingerprint density at radius 2 is 1.67 bits per heavy atom. The normalized spacial score (nSPS) is 18.1. The summed E-state index contributed by atoms with van der Waals surface area (Å²) < 4.78 is 9.50. The summed E-state index contributed by atoms with van der Waals surface area (Å²) in [7, 11) is 0.500. The van der Waals surface area contributed by atoms with Gasteiger partial charge in [-0.05, 0) is 62.9 Å². The molecule has 0 amide bonds. The predicted octanol–water partition coefficient (Wildman–Crippen LogP) is 6.44. The van der Waals surface area contributed by atoms with Gasteiger partial charge in [-0.2, -0.15) is 4.98 Å². The second-order valence-corrected chi connectivity index (χ2v) is 10.0. The zero-order valence-corrected chi connectivity index (χ0v) is 22.6. The third-order valence-electron chi connectivity index (χ3n) is 6.82. The number of alkyl halides is 1. The van der Waals surface area contributed by atoms with Crippen LogP contribution in [0.2, 0.25) is 10.0 Å². The van der Waals surface area contributed by atoms with Gasteiger partial charge in [-0.3, -0.25) is 4.39 Å². The van der Waals surface area contributed by atoms with Crippen molar-refractivity contribution in [2.75, 3.05) is 54.6 Å². The van der Waals surface area contributed by atoms with Crippen LogP contribution >= 0.6 is 23.2 Å². The van der Waals surface area contributed by atoms with Gasteiger partial charge in [0.25, 0.3) is 0 Å². The predicted molar refractivity (Wildman–Crippen MR) is 149 cm³/mol. The second kappa shape index (κ2) is 12.1. The lowest BCUT2D eigenvalue weighted by molar-refractivity contribution is 0.636. The number of anilines is 3. The van der Waals surface area contributed by atoms with E-state index >= 15 is 0 Å². The Morgan fingerprint density at radius 1 is 0.889 bits per heavy atom. The van der Waals surface area contributed by atoms with E-state index in [4.69, 9.17) is 33.2 Å². The van der Waals surface area contributed by atoms with E-state index in [0.717, 1.165) is 78.6 Å². The molecule has 9 heteroatoms. The molecule has 3 aromatic rings. The van der Waals surface area contributed by atoms with E-state index in [1.807, 2.05) is 31.2 Å². The van der Waals surface area contributed by atoms with Crippen molar-refractivity contribution in [3.63, 3.8) is 0 Å². The van der Waals surface area contributed by atoms with E-state index in [9.17, 15) is 4.39 Å². The molecule has 1 atom stereocenters. The highest BCUT2D eigenvalue weighted by atomic mass is 35.5. The van der Waals surface area contributed by atoms with Crippen LogP contribution in [-0.4, -0.2) is 60.9 Å². The summed E-state index contributed by atoms with van der Waals surface area (Å²) in [6.45, 7) is 8.81. The number of halogens is 3. The molecule has 0 radical (unpaired) electrons. The molecule has 2 fully saturated rings. The van der Waals surface area contributed by atoms with Gasteiger partial charge in [0, 0.05) is 61.6 Å². The minimum absolute atomic E-state index is 0.445. The lowest BCUT2D eigenvalue weighted by Gasteiger charge is -2.27. The van der Waals surface area contributed by atoms with Crippen LogP contribution in [0, 0.1) is 6.92 Å². The minimum Gasteiger partial charge on any atom is -0.355 e. The molecule has 192 valence electrons. The highest BCUT2D eigenvalue weighted by molar-refractivity contribution is 6.33. The van der Waals surface area contributed by atoms with E-state index in [0.29, 0.717) is 18.2 Å². The zero-order valence-electron chi connectivity index (χ0n) is 21.1. The van der Waals surface area contributed by atoms with E-state index in [1.165, 1.54) is 12.8 Å². The van der Waals surface area contributed by atoms with Gasteiger partial charge in [-0.25, -0.2) is 9.97 Å². The quantitative estimate of drug-likeness (QED) is 0.386. The van der Waals surface area contributed by atoms with Crippen LogP contribution < -0.4 is 14.7 Å². The van der Waals surface area contributed by atoms with Gasteiger partial charge in [-0.1, -0.05) is 29.3 Å². The molecule has 0 saturated carbocycles. The van der Waals surface area contributed by atoms with Crippen molar-refractivity contribution in [2.45, 2.75) is 39.2 Å². The van der Waals surface area contributed by atoms with Gasteiger partial charge in [-0.15, -0.1) is 0 Å². The van der Waals surface area contributed by atoms with Gasteiger partial charge in [0.2, 0.25) is 5.95 Å². The van der Waals surface area contributed by atoms with Crippen LogP contribution in [-0.2, 0) is 0 Å². The molecule has 1 unspecified atom stereocenters. The fourth-order valence-corrected chi connectivity index (χ4v) is 5.22. The molecule has 0 N–H and O–H groups in total. The number of nitrogens with zero attached hydrogens (tertiary/aromatic N) is 6. The summed E-state index contributed by atoms with van der Waals surface area (Å²) >= 11 is 12.7. The van der Waals surface area contributed by atoms with E-state index in [1.54, 1.807) is 6.20 Å². The molecule has 0 bridgehead atoms. The molecule has 0 spiro atoms. The summed E-state index contributed by atoms with van der Waals surface area (Å²) in [4.78, 5) is 21.6. The molecule has 2 aliphatic rings. The van der Waals surface area contributed by atoms with Gasteiger partial charge < -0.3 is 14.7 Å². The van der Waals surface area contributed by atoms with Crippen molar-refractivity contribution in [3.05, 3.63) is 58.2 Å². The van der Waals surface area contributed by atoms with E-state index in [2.05, 4.69) is 38.7 Å². The van der Waals surface area contributed by atoms with Crippen LogP contribution in [0.4, 0.5) is 22.0 Å². The first-order chi connectivity index (χ1) is 17.5. The number of aromatic nitrogens is 3. The van der Waals surface area contributed by atoms with Gasteiger partial charge in [0.15, 0.2) is 0 Å². The summed E-state index contributed by atoms with van der Waals surface area (Å²) in [6, 6.07) is 12.5. The molecular formula is C27H33Cl2FN6. The number of rotatable bonds is 4. The maximum absolute atomic E-state index is 9.50. The Morgan fingerprint density at radius 3 is 2.39 bits per heavy atom. The van der Waals surface area contributed by atoms with Crippen molar-refractivity contribution in [1.82, 2.24) is 15.0 Å². The van der Waals surface area contributed by atoms with Crippen molar-refractivity contribution in [2.24, 2.45) is 0 Å². The van der Waals surface area contributed by atoms with Crippen LogP contribution in [0.25, 0.3) is 11.3 Å². The van der Waals surface area contributed by atoms with Gasteiger partial charge in [0.05, 0.1) is 17.9 Å². The van der Waals surface area contributed by atoms with Gasteiger partial charge in [0.1, 0.15) is 11.6 Å². The molecule has 2 aliphatic heterocycles. The summed E-state index contributed by atoms with van der Waals surface area (Å²) in [6.07, 6.45) is 5.15. The minimum atomic E-state index is 0.445. The number of hydrogen-bond donors (Lipinski definition) is 0. The third-order valence-corrected chi connectivity index (χ3v) is 7.54. The number of pyridine rings is 1. The number of aryl methyl sites for hydroxylation is 1. The molecule has 2 aromatic heterocycles. The molecule has 6 nitrogen and oxygen atoms in total. The average molecular weight is 532 g/mol. The Labute approximate surface area is 223 Å². The highest BCUT2D eigenvalue weighted by Crippen LogP contribution is 2.31. The van der Waals surface area contributed by atoms with E-state index in [-0.39, 0.29) is 0 Å². The van der Waals surface area contributed by atoms with Crippen LogP contribution in [0.5, 0.6) is 0 Å². The first kappa shape index (κ1) is 26.4. The van der Waals surface area contributed by atoms with Crippen LogP contribution in [0.1, 0.15) is 31.7 Å². The first-order valence-corrected chi connectivity index (χ1v) is 13.2.